The summed E-state index contributed by atoms with van der Waals surface area (Å²) in [6.07, 6.45) is 0. The molecular weight excluding hydrogens is 265 g/mol. The molecule has 0 fully saturated rings. The van der Waals surface area contributed by atoms with Crippen molar-refractivity contribution in [3.8, 4) is 16.5 Å². The highest BCUT2D eigenvalue weighted by Crippen LogP contribution is 2.31. The molecule has 2 heterocycles. The van der Waals surface area contributed by atoms with Crippen LogP contribution in [0.1, 0.15) is 0 Å². The lowest BCUT2D eigenvalue weighted by molar-refractivity contribution is 0.476. The largest absolute Gasteiger partial charge is 0.508 e. The maximum Gasteiger partial charge on any atom is 0.236 e. The summed E-state index contributed by atoms with van der Waals surface area (Å²) >= 11 is 1.37. The van der Waals surface area contributed by atoms with Crippen LogP contribution in [-0.4, -0.2) is 22.1 Å². The summed E-state index contributed by atoms with van der Waals surface area (Å²) in [6, 6.07) is 8.27. The molecule has 0 amide bonds. The Labute approximate surface area is 112 Å². The number of aromatic nitrogens is 2. The minimum Gasteiger partial charge on any atom is -0.508 e. The number of hydrogen-bond donors (Lipinski definition) is 2. The van der Waals surface area contributed by atoms with Crippen LogP contribution in [-0.2, 0) is 0 Å². The van der Waals surface area contributed by atoms with Crippen molar-refractivity contribution < 1.29 is 9.50 Å². The van der Waals surface area contributed by atoms with Crippen molar-refractivity contribution in [1.29, 1.82) is 0 Å². The lowest BCUT2D eigenvalue weighted by Gasteiger charge is -2.01. The number of pyridine rings is 1. The molecule has 0 aliphatic heterocycles. The zero-order valence-corrected chi connectivity index (χ0v) is 10.8. The first kappa shape index (κ1) is 11.9. The number of nitrogens with zero attached hydrogens (tertiary/aromatic N) is 2. The molecule has 0 aliphatic carbocycles. The van der Waals surface area contributed by atoms with E-state index in [1.54, 1.807) is 37.4 Å². The first-order valence-corrected chi connectivity index (χ1v) is 6.43. The van der Waals surface area contributed by atoms with E-state index in [0.717, 1.165) is 10.2 Å². The van der Waals surface area contributed by atoms with Gasteiger partial charge < -0.3 is 10.4 Å². The second kappa shape index (κ2) is 4.47. The topological polar surface area (TPSA) is 58.0 Å². The van der Waals surface area contributed by atoms with Crippen LogP contribution in [0.3, 0.4) is 0 Å². The average molecular weight is 275 g/mol. The van der Waals surface area contributed by atoms with Crippen LogP contribution in [0.15, 0.2) is 30.3 Å². The summed E-state index contributed by atoms with van der Waals surface area (Å²) in [7, 11) is 1.64. The highest BCUT2D eigenvalue weighted by Gasteiger charge is 2.10. The number of benzene rings is 1. The van der Waals surface area contributed by atoms with Crippen molar-refractivity contribution in [2.75, 3.05) is 12.4 Å². The van der Waals surface area contributed by atoms with Crippen molar-refractivity contribution in [3.05, 3.63) is 36.3 Å². The normalized spacial score (nSPS) is 10.8. The molecule has 96 valence electrons. The molecule has 0 aliphatic rings. The number of thiazole rings is 1. The molecule has 0 unspecified atom stereocenters. The number of nitrogens with one attached hydrogen (secondary N) is 1. The highest BCUT2D eigenvalue weighted by atomic mass is 32.1. The maximum absolute atomic E-state index is 13.6. The van der Waals surface area contributed by atoms with Gasteiger partial charge in [0.1, 0.15) is 16.5 Å². The van der Waals surface area contributed by atoms with Gasteiger partial charge in [0, 0.05) is 7.05 Å². The van der Waals surface area contributed by atoms with E-state index in [9.17, 15) is 9.50 Å². The number of aromatic hydroxyl groups is 1. The fourth-order valence-corrected chi connectivity index (χ4v) is 2.73. The van der Waals surface area contributed by atoms with Gasteiger partial charge in [0.25, 0.3) is 0 Å². The number of fused-ring (bicyclic) bond motifs is 1. The van der Waals surface area contributed by atoms with Crippen molar-refractivity contribution in [2.45, 2.75) is 0 Å². The molecular formula is C13H10FN3OS. The van der Waals surface area contributed by atoms with Crippen molar-refractivity contribution in [2.24, 2.45) is 0 Å². The third kappa shape index (κ3) is 2.10. The van der Waals surface area contributed by atoms with E-state index < -0.39 is 5.95 Å². The molecule has 2 aromatic heterocycles. The Hall–Kier alpha value is -2.21. The highest BCUT2D eigenvalue weighted by molar-refractivity contribution is 7.21. The molecule has 0 bridgehead atoms. The van der Waals surface area contributed by atoms with E-state index in [1.807, 2.05) is 0 Å². The molecule has 19 heavy (non-hydrogen) atoms. The predicted molar refractivity (Wildman–Crippen MR) is 74.0 cm³/mol. The second-order valence-corrected chi connectivity index (χ2v) is 4.99. The maximum atomic E-state index is 13.6. The van der Waals surface area contributed by atoms with Crippen LogP contribution in [0.5, 0.6) is 5.75 Å². The van der Waals surface area contributed by atoms with Gasteiger partial charge in [-0.3, -0.25) is 0 Å². The Morgan fingerprint density at radius 1 is 1.21 bits per heavy atom. The Kier molecular flexibility index (Phi) is 2.79. The summed E-state index contributed by atoms with van der Waals surface area (Å²) < 4.78 is 14.5. The van der Waals surface area contributed by atoms with Gasteiger partial charge in [-0.25, -0.2) is 9.97 Å². The van der Waals surface area contributed by atoms with Gasteiger partial charge in [0.05, 0.1) is 15.9 Å². The molecule has 0 spiro atoms. The quantitative estimate of drug-likeness (QED) is 0.705. The summed E-state index contributed by atoms with van der Waals surface area (Å²) in [4.78, 5) is 8.27. The molecule has 4 nitrogen and oxygen atoms in total. The molecule has 2 N–H and O–H groups in total. The number of halogens is 1. The predicted octanol–water partition coefficient (Wildman–Crippen LogP) is 3.24. The summed E-state index contributed by atoms with van der Waals surface area (Å²) in [5, 5.41) is 12.8. The Balaban J connectivity index is 2.11. The van der Waals surface area contributed by atoms with Gasteiger partial charge in [0.15, 0.2) is 0 Å². The van der Waals surface area contributed by atoms with Crippen LogP contribution in [0.4, 0.5) is 10.1 Å². The third-order valence-corrected chi connectivity index (χ3v) is 3.75. The Morgan fingerprint density at radius 3 is 2.79 bits per heavy atom. The summed E-state index contributed by atoms with van der Waals surface area (Å²) in [5.74, 6) is -0.366. The minimum atomic E-state index is -0.554. The number of anilines is 1. The summed E-state index contributed by atoms with van der Waals surface area (Å²) in [5.41, 5.74) is 1.59. The van der Waals surface area contributed by atoms with Crippen LogP contribution in [0.2, 0.25) is 0 Å². The zero-order valence-electron chi connectivity index (χ0n) is 10.0. The molecule has 0 saturated carbocycles. The molecule has 1 aromatic carbocycles. The van der Waals surface area contributed by atoms with Gasteiger partial charge in [-0.1, -0.05) is 0 Å². The number of hydrogen-bond acceptors (Lipinski definition) is 5. The van der Waals surface area contributed by atoms with Gasteiger partial charge >= 0.3 is 0 Å². The summed E-state index contributed by atoms with van der Waals surface area (Å²) in [6.45, 7) is 0. The Morgan fingerprint density at radius 2 is 2.05 bits per heavy atom. The molecule has 3 aromatic rings. The van der Waals surface area contributed by atoms with Gasteiger partial charge in [-0.15, -0.1) is 11.3 Å². The molecule has 0 saturated heterocycles. The van der Waals surface area contributed by atoms with Gasteiger partial charge in [-0.05, 0) is 30.3 Å². The number of phenols is 1. The molecule has 3 rings (SSSR count). The minimum absolute atomic E-state index is 0.187. The van der Waals surface area contributed by atoms with E-state index in [1.165, 1.54) is 11.3 Å². The smallest absolute Gasteiger partial charge is 0.236 e. The van der Waals surface area contributed by atoms with E-state index in [4.69, 9.17) is 0 Å². The van der Waals surface area contributed by atoms with Crippen molar-refractivity contribution in [1.82, 2.24) is 9.97 Å². The van der Waals surface area contributed by atoms with E-state index in [-0.39, 0.29) is 5.75 Å². The van der Waals surface area contributed by atoms with Gasteiger partial charge in [0.2, 0.25) is 5.95 Å². The number of rotatable bonds is 2. The van der Waals surface area contributed by atoms with Crippen LogP contribution < -0.4 is 5.32 Å². The molecule has 0 atom stereocenters. The van der Waals surface area contributed by atoms with Crippen LogP contribution >= 0.6 is 11.3 Å². The zero-order chi connectivity index (χ0) is 13.4. The first-order valence-electron chi connectivity index (χ1n) is 5.61. The van der Waals surface area contributed by atoms with Crippen molar-refractivity contribution >= 4 is 27.2 Å². The monoisotopic (exact) mass is 275 g/mol. The van der Waals surface area contributed by atoms with Crippen molar-refractivity contribution in [3.63, 3.8) is 0 Å². The van der Waals surface area contributed by atoms with Gasteiger partial charge in [-0.2, -0.15) is 4.39 Å². The molecule has 0 radical (unpaired) electrons. The lowest BCUT2D eigenvalue weighted by atomic mass is 10.3. The first-order chi connectivity index (χ1) is 9.17. The fraction of sp³-hybridized carbons (Fsp3) is 0.0769. The van der Waals surface area contributed by atoms with Crippen LogP contribution in [0, 0.1) is 5.95 Å². The Bertz CT molecular complexity index is 757. The third-order valence-electron chi connectivity index (χ3n) is 2.71. The average Bonchev–Trinajstić information content (AvgIpc) is 2.81. The standard InChI is InChI=1S/C13H10FN3OS/c1-15-9-4-5-10(16-12(9)14)13-17-8-3-2-7(18)6-11(8)19-13/h2-6,15,18H,1H3. The van der Waals surface area contributed by atoms with E-state index in [2.05, 4.69) is 15.3 Å². The van der Waals surface area contributed by atoms with Crippen LogP contribution in [0.25, 0.3) is 20.9 Å². The lowest BCUT2D eigenvalue weighted by Crippen LogP contribution is -1.96. The molecule has 6 heteroatoms. The van der Waals surface area contributed by atoms with E-state index >= 15 is 0 Å². The number of phenolic OH excluding ortho intramolecular Hbond substituents is 1. The van der Waals surface area contributed by atoms with E-state index in [0.29, 0.717) is 16.4 Å². The fourth-order valence-electron chi connectivity index (χ4n) is 1.76. The second-order valence-electron chi connectivity index (χ2n) is 3.96. The SMILES string of the molecule is CNc1ccc(-c2nc3ccc(O)cc3s2)nc1F.